The average molecular weight is 253 g/mol. The van der Waals surface area contributed by atoms with Crippen molar-refractivity contribution in [3.63, 3.8) is 0 Å². The number of hydrogen-bond donors (Lipinski definition) is 1. The second kappa shape index (κ2) is 6.53. The van der Waals surface area contributed by atoms with Crippen LogP contribution in [0.15, 0.2) is 42.5 Å². The van der Waals surface area contributed by atoms with E-state index >= 15 is 0 Å². The standard InChI is InChI=1S/C18H23N/c1-4-11-19-13-16-7-10-18(15(3)12-16)17-8-5-14(2)6-9-17/h5-10,12,19H,4,11,13H2,1-3H3. The van der Waals surface area contributed by atoms with E-state index in [-0.39, 0.29) is 0 Å². The minimum absolute atomic E-state index is 0.961. The molecule has 2 aromatic carbocycles. The molecule has 1 heteroatoms. The summed E-state index contributed by atoms with van der Waals surface area (Å²) >= 11 is 0. The van der Waals surface area contributed by atoms with E-state index in [4.69, 9.17) is 0 Å². The van der Waals surface area contributed by atoms with Gasteiger partial charge in [0.15, 0.2) is 0 Å². The van der Waals surface area contributed by atoms with Gasteiger partial charge in [-0.05, 0) is 49.1 Å². The van der Waals surface area contributed by atoms with Gasteiger partial charge in [0.25, 0.3) is 0 Å². The van der Waals surface area contributed by atoms with Gasteiger partial charge in [0.1, 0.15) is 0 Å². The highest BCUT2D eigenvalue weighted by atomic mass is 14.8. The topological polar surface area (TPSA) is 12.0 Å². The molecule has 0 spiro atoms. The van der Waals surface area contributed by atoms with E-state index in [9.17, 15) is 0 Å². The number of benzene rings is 2. The predicted octanol–water partition coefficient (Wildman–Crippen LogP) is 4.47. The van der Waals surface area contributed by atoms with Gasteiger partial charge in [-0.1, -0.05) is 55.0 Å². The number of rotatable bonds is 5. The lowest BCUT2D eigenvalue weighted by molar-refractivity contribution is 0.675. The molecule has 0 fully saturated rings. The van der Waals surface area contributed by atoms with Crippen LogP contribution in [0.1, 0.15) is 30.0 Å². The van der Waals surface area contributed by atoms with Crippen LogP contribution in [0.5, 0.6) is 0 Å². The van der Waals surface area contributed by atoms with Crippen LogP contribution in [-0.4, -0.2) is 6.54 Å². The predicted molar refractivity (Wildman–Crippen MR) is 83.3 cm³/mol. The summed E-state index contributed by atoms with van der Waals surface area (Å²) in [5, 5.41) is 3.45. The van der Waals surface area contributed by atoms with Crippen LogP contribution in [0.2, 0.25) is 0 Å². The van der Waals surface area contributed by atoms with Crippen LogP contribution < -0.4 is 5.32 Å². The average Bonchev–Trinajstić information content (AvgIpc) is 2.41. The summed E-state index contributed by atoms with van der Waals surface area (Å²) in [5.74, 6) is 0. The van der Waals surface area contributed by atoms with E-state index in [1.165, 1.54) is 34.2 Å². The maximum absolute atomic E-state index is 3.45. The first-order chi connectivity index (χ1) is 9.20. The lowest BCUT2D eigenvalue weighted by atomic mass is 9.98. The van der Waals surface area contributed by atoms with Crippen molar-refractivity contribution in [1.82, 2.24) is 5.32 Å². The molecule has 2 aromatic rings. The molecule has 2 rings (SSSR count). The SMILES string of the molecule is CCCNCc1ccc(-c2ccc(C)cc2)c(C)c1. The Morgan fingerprint density at radius 2 is 1.68 bits per heavy atom. The zero-order chi connectivity index (χ0) is 13.7. The normalized spacial score (nSPS) is 10.7. The van der Waals surface area contributed by atoms with Crippen LogP contribution in [0, 0.1) is 13.8 Å². The maximum Gasteiger partial charge on any atom is 0.0205 e. The third-order valence-corrected chi connectivity index (χ3v) is 3.41. The molecule has 1 N–H and O–H groups in total. The van der Waals surface area contributed by atoms with Crippen molar-refractivity contribution in [3.8, 4) is 11.1 Å². The molecule has 0 radical (unpaired) electrons. The third kappa shape index (κ3) is 3.68. The van der Waals surface area contributed by atoms with Gasteiger partial charge in [0.2, 0.25) is 0 Å². The van der Waals surface area contributed by atoms with Crippen molar-refractivity contribution < 1.29 is 0 Å². The van der Waals surface area contributed by atoms with E-state index in [0.29, 0.717) is 0 Å². The molecule has 0 unspecified atom stereocenters. The Bertz CT molecular complexity index is 526. The third-order valence-electron chi connectivity index (χ3n) is 3.41. The van der Waals surface area contributed by atoms with Gasteiger partial charge in [-0.2, -0.15) is 0 Å². The largest absolute Gasteiger partial charge is 0.313 e. The first kappa shape index (κ1) is 13.8. The van der Waals surface area contributed by atoms with E-state index < -0.39 is 0 Å². The van der Waals surface area contributed by atoms with Crippen molar-refractivity contribution in [2.45, 2.75) is 33.7 Å². The summed E-state index contributed by atoms with van der Waals surface area (Å²) in [6, 6.07) is 15.5. The molecule has 0 aliphatic carbocycles. The monoisotopic (exact) mass is 253 g/mol. The first-order valence-electron chi connectivity index (χ1n) is 7.08. The fraction of sp³-hybridized carbons (Fsp3) is 0.333. The molecule has 0 saturated heterocycles. The Balaban J connectivity index is 2.17. The van der Waals surface area contributed by atoms with Crippen molar-refractivity contribution in [3.05, 3.63) is 59.2 Å². The summed E-state index contributed by atoms with van der Waals surface area (Å²) < 4.78 is 0. The highest BCUT2D eigenvalue weighted by molar-refractivity contribution is 5.67. The van der Waals surface area contributed by atoms with E-state index in [2.05, 4.69) is 68.6 Å². The van der Waals surface area contributed by atoms with Gasteiger partial charge >= 0.3 is 0 Å². The van der Waals surface area contributed by atoms with Gasteiger partial charge in [-0.25, -0.2) is 0 Å². The Morgan fingerprint density at radius 3 is 2.32 bits per heavy atom. The van der Waals surface area contributed by atoms with Crippen molar-refractivity contribution >= 4 is 0 Å². The second-order valence-corrected chi connectivity index (χ2v) is 5.19. The Kier molecular flexibility index (Phi) is 4.75. The molecule has 0 heterocycles. The Morgan fingerprint density at radius 1 is 0.947 bits per heavy atom. The summed E-state index contributed by atoms with van der Waals surface area (Å²) in [6.45, 7) is 8.55. The van der Waals surface area contributed by atoms with E-state index in [1.807, 2.05) is 0 Å². The van der Waals surface area contributed by atoms with Crippen LogP contribution in [-0.2, 0) is 6.54 Å². The highest BCUT2D eigenvalue weighted by Gasteiger charge is 2.02. The molecular formula is C18H23N. The molecule has 0 saturated carbocycles. The minimum atomic E-state index is 0.961. The summed E-state index contributed by atoms with van der Waals surface area (Å²) in [4.78, 5) is 0. The van der Waals surface area contributed by atoms with Gasteiger partial charge in [-0.3, -0.25) is 0 Å². The van der Waals surface area contributed by atoms with Gasteiger partial charge in [0, 0.05) is 6.54 Å². The van der Waals surface area contributed by atoms with Gasteiger partial charge < -0.3 is 5.32 Å². The van der Waals surface area contributed by atoms with Crippen molar-refractivity contribution in [1.29, 1.82) is 0 Å². The molecule has 0 atom stereocenters. The summed E-state index contributed by atoms with van der Waals surface area (Å²) in [7, 11) is 0. The van der Waals surface area contributed by atoms with Gasteiger partial charge in [0.05, 0.1) is 0 Å². The van der Waals surface area contributed by atoms with Crippen LogP contribution in [0.25, 0.3) is 11.1 Å². The van der Waals surface area contributed by atoms with Crippen LogP contribution in [0.3, 0.4) is 0 Å². The van der Waals surface area contributed by atoms with Crippen LogP contribution >= 0.6 is 0 Å². The molecule has 0 aromatic heterocycles. The van der Waals surface area contributed by atoms with Crippen molar-refractivity contribution in [2.75, 3.05) is 6.54 Å². The van der Waals surface area contributed by atoms with Crippen LogP contribution in [0.4, 0.5) is 0 Å². The second-order valence-electron chi connectivity index (χ2n) is 5.19. The summed E-state index contributed by atoms with van der Waals surface area (Å²) in [5.41, 5.74) is 6.65. The highest BCUT2D eigenvalue weighted by Crippen LogP contribution is 2.24. The molecule has 0 bridgehead atoms. The van der Waals surface area contributed by atoms with E-state index in [0.717, 1.165) is 13.1 Å². The number of aryl methyl sites for hydroxylation is 2. The lowest BCUT2D eigenvalue weighted by Crippen LogP contribution is -2.13. The lowest BCUT2D eigenvalue weighted by Gasteiger charge is -2.10. The minimum Gasteiger partial charge on any atom is -0.313 e. The maximum atomic E-state index is 3.45. The molecule has 0 aliphatic rings. The van der Waals surface area contributed by atoms with Crippen molar-refractivity contribution in [2.24, 2.45) is 0 Å². The Hall–Kier alpha value is -1.60. The molecule has 1 nitrogen and oxygen atoms in total. The number of nitrogens with one attached hydrogen (secondary N) is 1. The fourth-order valence-corrected chi connectivity index (χ4v) is 2.30. The Labute approximate surface area is 116 Å². The zero-order valence-electron chi connectivity index (χ0n) is 12.2. The smallest absolute Gasteiger partial charge is 0.0205 e. The molecular weight excluding hydrogens is 230 g/mol. The number of hydrogen-bond acceptors (Lipinski definition) is 1. The molecule has 0 aliphatic heterocycles. The molecule has 100 valence electrons. The quantitative estimate of drug-likeness (QED) is 0.775. The zero-order valence-corrected chi connectivity index (χ0v) is 12.2. The fourth-order valence-electron chi connectivity index (χ4n) is 2.30. The molecule has 19 heavy (non-hydrogen) atoms. The molecule has 0 amide bonds. The first-order valence-corrected chi connectivity index (χ1v) is 7.08. The van der Waals surface area contributed by atoms with E-state index in [1.54, 1.807) is 0 Å². The summed E-state index contributed by atoms with van der Waals surface area (Å²) in [6.07, 6.45) is 1.18. The van der Waals surface area contributed by atoms with Gasteiger partial charge in [-0.15, -0.1) is 0 Å².